The number of carbonyl (C=O) groups is 1. The predicted octanol–water partition coefficient (Wildman–Crippen LogP) is 2.48. The van der Waals surface area contributed by atoms with Crippen molar-refractivity contribution in [2.45, 2.75) is 45.1 Å². The van der Waals surface area contributed by atoms with Crippen LogP contribution in [0.15, 0.2) is 18.2 Å². The number of nitro benzene ring substituents is 1. The summed E-state index contributed by atoms with van der Waals surface area (Å²) < 4.78 is 0. The van der Waals surface area contributed by atoms with Crippen LogP contribution in [0.5, 0.6) is 0 Å². The number of anilines is 1. The molecule has 1 aromatic rings. The fraction of sp³-hybridized carbons (Fsp3) is 0.588. The Labute approximate surface area is 141 Å². The Morgan fingerprint density at radius 3 is 2.50 bits per heavy atom. The van der Waals surface area contributed by atoms with Crippen LogP contribution in [0.3, 0.4) is 0 Å². The van der Waals surface area contributed by atoms with Gasteiger partial charge in [-0.05, 0) is 31.7 Å². The molecule has 1 heterocycles. The van der Waals surface area contributed by atoms with Gasteiger partial charge in [-0.25, -0.2) is 0 Å². The largest absolute Gasteiger partial charge is 0.388 e. The maximum atomic E-state index is 12.6. The third-order valence-electron chi connectivity index (χ3n) is 4.78. The Balaban J connectivity index is 2.26. The summed E-state index contributed by atoms with van der Waals surface area (Å²) in [5.74, 6) is -0.388. The lowest BCUT2D eigenvalue weighted by Crippen LogP contribution is -2.42. The summed E-state index contributed by atoms with van der Waals surface area (Å²) in [5.41, 5.74) is -0.0541. The Bertz CT molecular complexity index is 608. The number of nitro groups is 1. The molecule has 1 fully saturated rings. The topological polar surface area (TPSA) is 95.7 Å². The number of hydrogen-bond acceptors (Lipinski definition) is 5. The highest BCUT2D eigenvalue weighted by molar-refractivity contribution is 6.00. The quantitative estimate of drug-likeness (QED) is 0.589. The van der Waals surface area contributed by atoms with Crippen molar-refractivity contribution in [1.82, 2.24) is 5.32 Å². The number of amides is 1. The molecule has 0 bridgehead atoms. The highest BCUT2D eigenvalue weighted by Gasteiger charge is 2.26. The van der Waals surface area contributed by atoms with E-state index < -0.39 is 10.5 Å². The zero-order valence-corrected chi connectivity index (χ0v) is 14.2. The number of non-ortho nitro benzene ring substituents is 1. The molecule has 0 unspecified atom stereocenters. The highest BCUT2D eigenvalue weighted by Crippen LogP contribution is 2.28. The summed E-state index contributed by atoms with van der Waals surface area (Å²) in [5, 5.41) is 24.1. The molecular weight excluding hydrogens is 310 g/mol. The van der Waals surface area contributed by atoms with Crippen LogP contribution in [-0.4, -0.2) is 41.2 Å². The normalized spacial score (nSPS) is 14.7. The van der Waals surface area contributed by atoms with Gasteiger partial charge < -0.3 is 15.3 Å². The fourth-order valence-electron chi connectivity index (χ4n) is 2.89. The van der Waals surface area contributed by atoms with Crippen molar-refractivity contribution < 1.29 is 14.8 Å². The van der Waals surface area contributed by atoms with E-state index in [2.05, 4.69) is 10.2 Å². The summed E-state index contributed by atoms with van der Waals surface area (Å²) in [6, 6.07) is 4.39. The first-order valence-corrected chi connectivity index (χ1v) is 8.44. The van der Waals surface area contributed by atoms with Crippen molar-refractivity contribution in [2.24, 2.45) is 0 Å². The molecule has 2 N–H and O–H groups in total. The Morgan fingerprint density at radius 1 is 1.33 bits per heavy atom. The summed E-state index contributed by atoms with van der Waals surface area (Å²) in [4.78, 5) is 25.2. The molecule has 1 saturated heterocycles. The molecule has 7 heteroatoms. The van der Waals surface area contributed by atoms with E-state index in [-0.39, 0.29) is 18.1 Å². The van der Waals surface area contributed by atoms with E-state index in [0.29, 0.717) is 24.1 Å². The smallest absolute Gasteiger partial charge is 0.270 e. The first-order chi connectivity index (χ1) is 11.4. The van der Waals surface area contributed by atoms with Gasteiger partial charge in [0.25, 0.3) is 11.6 Å². The molecule has 0 radical (unpaired) electrons. The minimum atomic E-state index is -0.954. The van der Waals surface area contributed by atoms with Crippen LogP contribution in [0.2, 0.25) is 0 Å². The number of benzene rings is 1. The minimum Gasteiger partial charge on any atom is -0.388 e. The summed E-state index contributed by atoms with van der Waals surface area (Å²) in [6.07, 6.45) is 3.14. The lowest BCUT2D eigenvalue weighted by Gasteiger charge is -2.26. The van der Waals surface area contributed by atoms with Gasteiger partial charge in [0.05, 0.1) is 21.8 Å². The van der Waals surface area contributed by atoms with Gasteiger partial charge in [-0.2, -0.15) is 0 Å². The number of hydrogen-bond donors (Lipinski definition) is 2. The van der Waals surface area contributed by atoms with Crippen molar-refractivity contribution in [2.75, 3.05) is 24.5 Å². The molecule has 24 heavy (non-hydrogen) atoms. The van der Waals surface area contributed by atoms with Crippen molar-refractivity contribution in [3.63, 3.8) is 0 Å². The SMILES string of the molecule is CCC(O)(CC)CNC(=O)c1cc([N+](=O)[O-])ccc1N1CCCC1. The van der Waals surface area contributed by atoms with Gasteiger partial charge in [0.1, 0.15) is 0 Å². The van der Waals surface area contributed by atoms with Crippen molar-refractivity contribution in [3.05, 3.63) is 33.9 Å². The van der Waals surface area contributed by atoms with Crippen LogP contribution in [0.25, 0.3) is 0 Å². The van der Waals surface area contributed by atoms with E-state index in [1.807, 2.05) is 13.8 Å². The Kier molecular flexibility index (Phi) is 5.77. The molecule has 0 aliphatic carbocycles. The van der Waals surface area contributed by atoms with Crippen LogP contribution < -0.4 is 10.2 Å². The van der Waals surface area contributed by atoms with Gasteiger partial charge in [0.15, 0.2) is 0 Å². The molecule has 0 aromatic heterocycles. The zero-order valence-electron chi connectivity index (χ0n) is 14.2. The van der Waals surface area contributed by atoms with Crippen LogP contribution in [0, 0.1) is 10.1 Å². The van der Waals surface area contributed by atoms with Gasteiger partial charge in [-0.15, -0.1) is 0 Å². The van der Waals surface area contributed by atoms with E-state index in [9.17, 15) is 20.0 Å². The molecule has 2 rings (SSSR count). The molecule has 7 nitrogen and oxygen atoms in total. The van der Waals surface area contributed by atoms with Crippen molar-refractivity contribution >= 4 is 17.3 Å². The molecule has 0 saturated carbocycles. The van der Waals surface area contributed by atoms with Gasteiger partial charge in [-0.1, -0.05) is 13.8 Å². The lowest BCUT2D eigenvalue weighted by atomic mass is 9.97. The summed E-state index contributed by atoms with van der Waals surface area (Å²) in [7, 11) is 0. The number of nitrogens with zero attached hydrogens (tertiary/aromatic N) is 2. The molecule has 0 atom stereocenters. The van der Waals surface area contributed by atoms with E-state index in [4.69, 9.17) is 0 Å². The first-order valence-electron chi connectivity index (χ1n) is 8.44. The Hall–Kier alpha value is -2.15. The van der Waals surface area contributed by atoms with Crippen LogP contribution in [0.4, 0.5) is 11.4 Å². The van der Waals surface area contributed by atoms with Crippen LogP contribution in [-0.2, 0) is 0 Å². The van der Waals surface area contributed by atoms with E-state index in [1.165, 1.54) is 12.1 Å². The second kappa shape index (κ2) is 7.61. The monoisotopic (exact) mass is 335 g/mol. The fourth-order valence-corrected chi connectivity index (χ4v) is 2.89. The second-order valence-electron chi connectivity index (χ2n) is 6.27. The third kappa shape index (κ3) is 4.03. The van der Waals surface area contributed by atoms with Gasteiger partial charge >= 0.3 is 0 Å². The molecule has 1 amide bonds. The maximum absolute atomic E-state index is 12.6. The van der Waals surface area contributed by atoms with Crippen LogP contribution >= 0.6 is 0 Å². The Morgan fingerprint density at radius 2 is 1.96 bits per heavy atom. The maximum Gasteiger partial charge on any atom is 0.270 e. The van der Waals surface area contributed by atoms with E-state index in [1.54, 1.807) is 6.07 Å². The van der Waals surface area contributed by atoms with Crippen molar-refractivity contribution in [3.8, 4) is 0 Å². The van der Waals surface area contributed by atoms with Gasteiger partial charge in [-0.3, -0.25) is 14.9 Å². The minimum absolute atomic E-state index is 0.107. The first kappa shape index (κ1) is 18.2. The molecule has 1 aliphatic rings. The average Bonchev–Trinajstić information content (AvgIpc) is 3.13. The number of nitrogens with one attached hydrogen (secondary N) is 1. The molecule has 1 aliphatic heterocycles. The van der Waals surface area contributed by atoms with Crippen LogP contribution in [0.1, 0.15) is 49.9 Å². The summed E-state index contributed by atoms with van der Waals surface area (Å²) >= 11 is 0. The molecular formula is C17H25N3O4. The average molecular weight is 335 g/mol. The van der Waals surface area contributed by atoms with Gasteiger partial charge in [0, 0.05) is 31.8 Å². The van der Waals surface area contributed by atoms with E-state index in [0.717, 1.165) is 25.9 Å². The van der Waals surface area contributed by atoms with Gasteiger partial charge in [0.2, 0.25) is 0 Å². The lowest BCUT2D eigenvalue weighted by molar-refractivity contribution is -0.384. The number of carbonyl (C=O) groups excluding carboxylic acids is 1. The molecule has 0 spiro atoms. The number of rotatable bonds is 7. The third-order valence-corrected chi connectivity index (χ3v) is 4.78. The summed E-state index contributed by atoms with van der Waals surface area (Å²) in [6.45, 7) is 5.52. The molecule has 1 aromatic carbocycles. The van der Waals surface area contributed by atoms with E-state index >= 15 is 0 Å². The highest BCUT2D eigenvalue weighted by atomic mass is 16.6. The second-order valence-corrected chi connectivity index (χ2v) is 6.27. The predicted molar refractivity (Wildman–Crippen MR) is 92.4 cm³/mol. The zero-order chi connectivity index (χ0) is 17.7. The number of aliphatic hydroxyl groups is 1. The molecule has 132 valence electrons. The van der Waals surface area contributed by atoms with Crippen molar-refractivity contribution in [1.29, 1.82) is 0 Å². The standard InChI is InChI=1S/C17H25N3O4/c1-3-17(22,4-2)12-18-16(21)14-11-13(20(23)24)7-8-15(14)19-9-5-6-10-19/h7-8,11,22H,3-6,9-10,12H2,1-2H3,(H,18,21).